The Labute approximate surface area is 144 Å². The molecule has 1 aliphatic heterocycles. The molecule has 2 N–H and O–H groups in total. The lowest BCUT2D eigenvalue weighted by Crippen LogP contribution is -2.39. The first kappa shape index (κ1) is 15.1. The third-order valence-electron chi connectivity index (χ3n) is 4.32. The summed E-state index contributed by atoms with van der Waals surface area (Å²) in [5, 5.41) is 4.33. The number of anilines is 1. The maximum Gasteiger partial charge on any atom is 0.277 e. The third-order valence-corrected chi connectivity index (χ3v) is 4.32. The molecule has 124 valence electrons. The van der Waals surface area contributed by atoms with Crippen molar-refractivity contribution in [2.75, 3.05) is 11.4 Å². The van der Waals surface area contributed by atoms with Crippen LogP contribution in [0.15, 0.2) is 60.7 Å². The zero-order valence-electron chi connectivity index (χ0n) is 13.4. The number of hydrogen-bond donors (Lipinski definition) is 1. The molecule has 1 aromatic heterocycles. The summed E-state index contributed by atoms with van der Waals surface area (Å²) in [5.74, 6) is -0.803. The van der Waals surface area contributed by atoms with Gasteiger partial charge in [0.15, 0.2) is 5.69 Å². The number of amides is 2. The van der Waals surface area contributed by atoms with E-state index >= 15 is 0 Å². The summed E-state index contributed by atoms with van der Waals surface area (Å²) in [4.78, 5) is 26.7. The van der Waals surface area contributed by atoms with E-state index in [-0.39, 0.29) is 11.6 Å². The van der Waals surface area contributed by atoms with Crippen LogP contribution in [0.3, 0.4) is 0 Å². The van der Waals surface area contributed by atoms with Crippen molar-refractivity contribution >= 4 is 17.5 Å². The van der Waals surface area contributed by atoms with Gasteiger partial charge >= 0.3 is 0 Å². The van der Waals surface area contributed by atoms with Crippen LogP contribution in [-0.2, 0) is 6.42 Å². The molecule has 0 fully saturated rings. The quantitative estimate of drug-likeness (QED) is 0.798. The predicted octanol–water partition coefficient (Wildman–Crippen LogP) is 2.17. The summed E-state index contributed by atoms with van der Waals surface area (Å²) < 4.78 is 1.52. The molecule has 2 aromatic carbocycles. The Morgan fingerprint density at radius 3 is 2.16 bits per heavy atom. The van der Waals surface area contributed by atoms with E-state index < -0.39 is 5.91 Å². The van der Waals surface area contributed by atoms with Gasteiger partial charge < -0.3 is 10.6 Å². The highest BCUT2D eigenvalue weighted by atomic mass is 16.2. The van der Waals surface area contributed by atoms with Gasteiger partial charge in [-0.05, 0) is 30.7 Å². The van der Waals surface area contributed by atoms with Gasteiger partial charge in [0.25, 0.3) is 11.8 Å². The van der Waals surface area contributed by atoms with Gasteiger partial charge in [-0.25, -0.2) is 4.68 Å². The van der Waals surface area contributed by atoms with Crippen molar-refractivity contribution in [2.24, 2.45) is 5.73 Å². The van der Waals surface area contributed by atoms with Crippen LogP contribution in [0.25, 0.3) is 5.69 Å². The van der Waals surface area contributed by atoms with Crippen LogP contribution in [0.2, 0.25) is 0 Å². The minimum atomic E-state index is -0.619. The van der Waals surface area contributed by atoms with E-state index in [1.54, 1.807) is 4.90 Å². The van der Waals surface area contributed by atoms with E-state index in [0.29, 0.717) is 24.2 Å². The molecule has 0 saturated carbocycles. The fraction of sp³-hybridized carbons (Fsp3) is 0.105. The molecule has 2 amide bonds. The molecule has 4 rings (SSSR count). The molecule has 6 nitrogen and oxygen atoms in total. The van der Waals surface area contributed by atoms with Crippen LogP contribution in [0, 0.1) is 0 Å². The topological polar surface area (TPSA) is 81.2 Å². The van der Waals surface area contributed by atoms with Gasteiger partial charge in [-0.2, -0.15) is 5.10 Å². The van der Waals surface area contributed by atoms with E-state index in [1.807, 2.05) is 60.7 Å². The average molecular weight is 332 g/mol. The first-order valence-electron chi connectivity index (χ1n) is 8.01. The number of primary amides is 1. The predicted molar refractivity (Wildman–Crippen MR) is 93.9 cm³/mol. The average Bonchev–Trinajstić information content (AvgIpc) is 3.04. The molecule has 0 bridgehead atoms. The second-order valence-corrected chi connectivity index (χ2v) is 5.83. The molecule has 0 aliphatic carbocycles. The Kier molecular flexibility index (Phi) is 3.57. The molecule has 25 heavy (non-hydrogen) atoms. The second-order valence-electron chi connectivity index (χ2n) is 5.83. The van der Waals surface area contributed by atoms with Crippen LogP contribution in [0.5, 0.6) is 0 Å². The van der Waals surface area contributed by atoms with Crippen LogP contribution in [0.4, 0.5) is 5.69 Å². The fourth-order valence-corrected chi connectivity index (χ4v) is 3.17. The number of aromatic nitrogens is 2. The van der Waals surface area contributed by atoms with Crippen LogP contribution in [-0.4, -0.2) is 28.1 Å². The number of fused-ring (bicyclic) bond motifs is 1. The highest BCUT2D eigenvalue weighted by molar-refractivity contribution is 6.09. The lowest BCUT2D eigenvalue weighted by atomic mass is 10.0. The summed E-state index contributed by atoms with van der Waals surface area (Å²) in [6.45, 7) is 0.483. The number of nitrogens with two attached hydrogens (primary N) is 1. The van der Waals surface area contributed by atoms with Crippen LogP contribution >= 0.6 is 0 Å². The van der Waals surface area contributed by atoms with Gasteiger partial charge in [-0.1, -0.05) is 36.4 Å². The van der Waals surface area contributed by atoms with E-state index in [4.69, 9.17) is 5.73 Å². The van der Waals surface area contributed by atoms with Crippen molar-refractivity contribution < 1.29 is 9.59 Å². The van der Waals surface area contributed by atoms with Gasteiger partial charge in [0.1, 0.15) is 5.69 Å². The van der Waals surface area contributed by atoms with E-state index in [1.165, 1.54) is 4.68 Å². The summed E-state index contributed by atoms with van der Waals surface area (Å²) in [5.41, 5.74) is 8.20. The van der Waals surface area contributed by atoms with Crippen LogP contribution in [0.1, 0.15) is 26.5 Å². The van der Waals surface area contributed by atoms with Crippen molar-refractivity contribution in [3.63, 3.8) is 0 Å². The largest absolute Gasteiger partial charge is 0.364 e. The number of benzene rings is 2. The molecule has 0 radical (unpaired) electrons. The third kappa shape index (κ3) is 2.48. The zero-order valence-corrected chi connectivity index (χ0v) is 13.4. The second kappa shape index (κ2) is 5.90. The van der Waals surface area contributed by atoms with Crippen molar-refractivity contribution in [3.05, 3.63) is 77.6 Å². The molecule has 0 spiro atoms. The maximum atomic E-state index is 13.2. The normalized spacial score (nSPS) is 13.6. The van der Waals surface area contributed by atoms with Gasteiger partial charge in [0, 0.05) is 17.8 Å². The number of hydrogen-bond acceptors (Lipinski definition) is 3. The van der Waals surface area contributed by atoms with Crippen molar-refractivity contribution in [1.82, 2.24) is 9.78 Å². The molecule has 0 unspecified atom stereocenters. The lowest BCUT2D eigenvalue weighted by Gasteiger charge is -2.27. The van der Waals surface area contributed by atoms with E-state index in [9.17, 15) is 9.59 Å². The molecule has 0 saturated heterocycles. The molecule has 1 aliphatic rings. The Balaban J connectivity index is 1.88. The number of para-hydroxylation sites is 2. The number of carbonyl (C=O) groups is 2. The fourth-order valence-electron chi connectivity index (χ4n) is 3.17. The first-order chi connectivity index (χ1) is 12.2. The minimum absolute atomic E-state index is 0.167. The Morgan fingerprint density at radius 1 is 0.960 bits per heavy atom. The van der Waals surface area contributed by atoms with E-state index in [2.05, 4.69) is 5.10 Å². The summed E-state index contributed by atoms with van der Waals surface area (Å²) in [6.07, 6.45) is 0.529. The SMILES string of the molecule is NC(=O)c1nn(-c2ccccc2)c2c1CCN(c1ccccc1)C2=O. The maximum absolute atomic E-state index is 13.2. The highest BCUT2D eigenvalue weighted by Crippen LogP contribution is 2.28. The number of rotatable bonds is 3. The Morgan fingerprint density at radius 2 is 1.56 bits per heavy atom. The summed E-state index contributed by atoms with van der Waals surface area (Å²) in [6, 6.07) is 18.7. The van der Waals surface area contributed by atoms with Gasteiger partial charge in [0.2, 0.25) is 0 Å². The van der Waals surface area contributed by atoms with Gasteiger partial charge in [0.05, 0.1) is 5.69 Å². The molecule has 3 aromatic rings. The first-order valence-corrected chi connectivity index (χ1v) is 8.01. The number of nitrogens with zero attached hydrogens (tertiary/aromatic N) is 3. The van der Waals surface area contributed by atoms with Gasteiger partial charge in [-0.15, -0.1) is 0 Å². The Bertz CT molecular complexity index is 948. The lowest BCUT2D eigenvalue weighted by molar-refractivity contribution is 0.0972. The van der Waals surface area contributed by atoms with Gasteiger partial charge in [-0.3, -0.25) is 9.59 Å². The highest BCUT2D eigenvalue weighted by Gasteiger charge is 2.34. The molecule has 2 heterocycles. The summed E-state index contributed by atoms with van der Waals surface area (Å²) >= 11 is 0. The number of carbonyl (C=O) groups excluding carboxylic acids is 2. The Hall–Kier alpha value is -3.41. The zero-order chi connectivity index (χ0) is 17.4. The van der Waals surface area contributed by atoms with E-state index in [0.717, 1.165) is 11.4 Å². The monoisotopic (exact) mass is 332 g/mol. The summed E-state index contributed by atoms with van der Waals surface area (Å²) in [7, 11) is 0. The van der Waals surface area contributed by atoms with Crippen molar-refractivity contribution in [1.29, 1.82) is 0 Å². The molecule has 6 heteroatoms. The smallest absolute Gasteiger partial charge is 0.277 e. The van der Waals surface area contributed by atoms with Crippen LogP contribution < -0.4 is 10.6 Å². The minimum Gasteiger partial charge on any atom is -0.364 e. The molecular formula is C19H16N4O2. The standard InChI is InChI=1S/C19H16N4O2/c20-18(24)16-15-11-12-22(13-7-3-1-4-8-13)19(25)17(15)23(21-16)14-9-5-2-6-10-14/h1-10H,11-12H2,(H2,20,24). The molecule has 0 atom stereocenters. The molecular weight excluding hydrogens is 316 g/mol. The van der Waals surface area contributed by atoms with Crippen molar-refractivity contribution in [3.8, 4) is 5.69 Å². The van der Waals surface area contributed by atoms with Crippen molar-refractivity contribution in [2.45, 2.75) is 6.42 Å².